The van der Waals surface area contributed by atoms with Crippen LogP contribution in [-0.2, 0) is 0 Å². The van der Waals surface area contributed by atoms with E-state index in [2.05, 4.69) is 33.1 Å². The van der Waals surface area contributed by atoms with E-state index in [4.69, 9.17) is 4.74 Å². The highest BCUT2D eigenvalue weighted by Gasteiger charge is 2.03. The van der Waals surface area contributed by atoms with E-state index in [0.717, 1.165) is 36.6 Å². The van der Waals surface area contributed by atoms with Crippen molar-refractivity contribution in [1.82, 2.24) is 0 Å². The number of benzene rings is 2. The predicted molar refractivity (Wildman–Crippen MR) is 104 cm³/mol. The zero-order chi connectivity index (χ0) is 17.0. The van der Waals surface area contributed by atoms with Gasteiger partial charge in [-0.2, -0.15) is 10.2 Å². The smallest absolute Gasteiger partial charge is 0.119 e. The van der Waals surface area contributed by atoms with Gasteiger partial charge in [0.2, 0.25) is 0 Å². The second-order valence-corrected chi connectivity index (χ2v) is 7.05. The van der Waals surface area contributed by atoms with Gasteiger partial charge in [0.15, 0.2) is 0 Å². The first-order chi connectivity index (χ1) is 11.8. The van der Waals surface area contributed by atoms with Crippen molar-refractivity contribution in [2.45, 2.75) is 43.9 Å². The maximum atomic E-state index is 5.79. The average molecular weight is 389 g/mol. The summed E-state index contributed by atoms with van der Waals surface area (Å²) in [4.78, 5) is 0.613. The second kappa shape index (κ2) is 11.0. The molecule has 0 aromatic heterocycles. The van der Waals surface area contributed by atoms with Crippen LogP contribution in [0, 0.1) is 0 Å². The van der Waals surface area contributed by atoms with Crippen molar-refractivity contribution in [3.63, 3.8) is 0 Å². The maximum absolute atomic E-state index is 5.79. The lowest BCUT2D eigenvalue weighted by Gasteiger charge is -2.10. The fraction of sp³-hybridized carbons (Fsp3) is 0.400. The Bertz CT molecular complexity index is 599. The van der Waals surface area contributed by atoms with E-state index in [1.807, 2.05) is 54.6 Å². The Kier molecular flexibility index (Phi) is 8.53. The Balaban J connectivity index is 1.71. The van der Waals surface area contributed by atoms with Gasteiger partial charge in [-0.1, -0.05) is 53.9 Å². The Morgan fingerprint density at radius 3 is 2.17 bits per heavy atom. The molecule has 2 aromatic rings. The zero-order valence-corrected chi connectivity index (χ0v) is 15.8. The lowest BCUT2D eigenvalue weighted by Crippen LogP contribution is -2.03. The van der Waals surface area contributed by atoms with E-state index >= 15 is 0 Å². The van der Waals surface area contributed by atoms with Crippen LogP contribution in [0.1, 0.15) is 39.0 Å². The summed E-state index contributed by atoms with van der Waals surface area (Å²) >= 11 is 3.73. The van der Waals surface area contributed by atoms with E-state index in [9.17, 15) is 0 Å². The largest absolute Gasteiger partial charge is 0.494 e. The third-order valence-electron chi connectivity index (χ3n) is 3.68. The summed E-state index contributed by atoms with van der Waals surface area (Å²) in [6.07, 6.45) is 6.01. The van der Waals surface area contributed by atoms with E-state index in [0.29, 0.717) is 4.83 Å². The average Bonchev–Trinajstić information content (AvgIpc) is 2.63. The predicted octanol–water partition coefficient (Wildman–Crippen LogP) is 7.21. The third kappa shape index (κ3) is 7.26. The molecule has 0 radical (unpaired) electrons. The molecule has 0 heterocycles. The lowest BCUT2D eigenvalue weighted by molar-refractivity contribution is 0.305. The van der Waals surface area contributed by atoms with Gasteiger partial charge in [0.1, 0.15) is 5.75 Å². The Morgan fingerprint density at radius 1 is 0.875 bits per heavy atom. The zero-order valence-electron chi connectivity index (χ0n) is 14.2. The summed E-state index contributed by atoms with van der Waals surface area (Å²) < 4.78 is 5.79. The first-order valence-electron chi connectivity index (χ1n) is 8.61. The minimum Gasteiger partial charge on any atom is -0.494 e. The number of azo groups is 1. The van der Waals surface area contributed by atoms with Crippen molar-refractivity contribution in [3.8, 4) is 5.75 Å². The number of nitrogens with zero attached hydrogens (tertiary/aromatic N) is 2. The van der Waals surface area contributed by atoms with Crippen LogP contribution in [-0.4, -0.2) is 11.4 Å². The highest BCUT2D eigenvalue weighted by molar-refractivity contribution is 9.09. The number of hydrogen-bond donors (Lipinski definition) is 0. The van der Waals surface area contributed by atoms with E-state index in [-0.39, 0.29) is 0 Å². The molecule has 1 unspecified atom stereocenters. The van der Waals surface area contributed by atoms with Gasteiger partial charge in [-0.25, -0.2) is 0 Å². The third-order valence-corrected chi connectivity index (χ3v) is 4.59. The molecule has 0 aliphatic rings. The Morgan fingerprint density at radius 2 is 1.50 bits per heavy atom. The highest BCUT2D eigenvalue weighted by Crippen LogP contribution is 2.21. The molecule has 2 rings (SSSR count). The minimum absolute atomic E-state index is 0.613. The van der Waals surface area contributed by atoms with Crippen LogP contribution in [0.4, 0.5) is 11.4 Å². The van der Waals surface area contributed by atoms with Crippen LogP contribution in [0.15, 0.2) is 64.8 Å². The van der Waals surface area contributed by atoms with Gasteiger partial charge in [0, 0.05) is 4.83 Å². The van der Waals surface area contributed by atoms with Crippen LogP contribution in [0.5, 0.6) is 5.75 Å². The first-order valence-corrected chi connectivity index (χ1v) is 9.53. The van der Waals surface area contributed by atoms with E-state index < -0.39 is 0 Å². The van der Waals surface area contributed by atoms with Crippen molar-refractivity contribution in [2.75, 3.05) is 6.61 Å². The molecule has 0 aliphatic carbocycles. The molecule has 4 heteroatoms. The van der Waals surface area contributed by atoms with Crippen LogP contribution >= 0.6 is 15.9 Å². The molecule has 3 nitrogen and oxygen atoms in total. The molecule has 0 aliphatic heterocycles. The molecule has 0 saturated heterocycles. The summed E-state index contributed by atoms with van der Waals surface area (Å²) in [6.45, 7) is 2.98. The van der Waals surface area contributed by atoms with Crippen molar-refractivity contribution in [2.24, 2.45) is 10.2 Å². The molecule has 2 aromatic carbocycles. The lowest BCUT2D eigenvalue weighted by atomic mass is 10.1. The summed E-state index contributed by atoms with van der Waals surface area (Å²) in [5, 5.41) is 8.43. The van der Waals surface area contributed by atoms with E-state index in [1.165, 1.54) is 19.3 Å². The summed E-state index contributed by atoms with van der Waals surface area (Å²) in [5.74, 6) is 0.883. The van der Waals surface area contributed by atoms with Crippen LogP contribution < -0.4 is 4.74 Å². The molecule has 0 bridgehead atoms. The van der Waals surface area contributed by atoms with Gasteiger partial charge in [0.05, 0.1) is 18.0 Å². The number of hydrogen-bond acceptors (Lipinski definition) is 3. The summed E-state index contributed by atoms with van der Waals surface area (Å²) in [7, 11) is 0. The minimum atomic E-state index is 0.613. The van der Waals surface area contributed by atoms with Crippen LogP contribution in [0.3, 0.4) is 0 Å². The molecule has 1 atom stereocenters. The number of rotatable bonds is 10. The Labute approximate surface area is 153 Å². The van der Waals surface area contributed by atoms with Crippen LogP contribution in [0.25, 0.3) is 0 Å². The van der Waals surface area contributed by atoms with E-state index in [1.54, 1.807) is 0 Å². The Hall–Kier alpha value is -1.68. The van der Waals surface area contributed by atoms with Crippen molar-refractivity contribution in [3.05, 3.63) is 54.6 Å². The van der Waals surface area contributed by atoms with Gasteiger partial charge in [-0.05, 0) is 55.7 Å². The van der Waals surface area contributed by atoms with Crippen molar-refractivity contribution in [1.29, 1.82) is 0 Å². The molecule has 0 spiro atoms. The summed E-state index contributed by atoms with van der Waals surface area (Å²) in [5.41, 5.74) is 1.68. The molecule has 0 fully saturated rings. The SMILES string of the molecule is CCCCC(Br)CCCOc1ccc(N=Nc2ccccc2)cc1. The normalized spacial score (nSPS) is 12.4. The van der Waals surface area contributed by atoms with Gasteiger partial charge < -0.3 is 4.74 Å². The topological polar surface area (TPSA) is 34.0 Å². The molecule has 0 saturated carbocycles. The molecular formula is C20H25BrN2O. The highest BCUT2D eigenvalue weighted by atomic mass is 79.9. The van der Waals surface area contributed by atoms with Gasteiger partial charge >= 0.3 is 0 Å². The number of unbranched alkanes of at least 4 members (excludes halogenated alkanes) is 1. The monoisotopic (exact) mass is 388 g/mol. The molecule has 24 heavy (non-hydrogen) atoms. The fourth-order valence-electron chi connectivity index (χ4n) is 2.28. The molecule has 0 N–H and O–H groups in total. The van der Waals surface area contributed by atoms with Crippen molar-refractivity contribution >= 4 is 27.3 Å². The fourth-order valence-corrected chi connectivity index (χ4v) is 2.93. The van der Waals surface area contributed by atoms with Crippen molar-refractivity contribution < 1.29 is 4.74 Å². The first kappa shape index (κ1) is 18.7. The molecular weight excluding hydrogens is 364 g/mol. The van der Waals surface area contributed by atoms with Gasteiger partial charge in [-0.15, -0.1) is 0 Å². The van der Waals surface area contributed by atoms with Gasteiger partial charge in [-0.3, -0.25) is 0 Å². The standard InChI is InChI=1S/C20H25BrN2O/c1-2-3-8-17(21)9-7-16-24-20-14-12-19(13-15-20)23-22-18-10-5-4-6-11-18/h4-6,10-15,17H,2-3,7-9,16H2,1H3. The number of ether oxygens (including phenoxy) is 1. The van der Waals surface area contributed by atoms with Crippen LogP contribution in [0.2, 0.25) is 0 Å². The maximum Gasteiger partial charge on any atom is 0.119 e. The number of alkyl halides is 1. The second-order valence-electron chi connectivity index (χ2n) is 5.76. The summed E-state index contributed by atoms with van der Waals surface area (Å²) in [6, 6.07) is 17.5. The molecule has 128 valence electrons. The quantitative estimate of drug-likeness (QED) is 0.240. The molecule has 0 amide bonds. The van der Waals surface area contributed by atoms with Gasteiger partial charge in [0.25, 0.3) is 0 Å². The number of halogens is 1.